The van der Waals surface area contributed by atoms with Crippen molar-refractivity contribution in [1.29, 1.82) is 0 Å². The maximum Gasteiger partial charge on any atom is 0.410 e. The number of carbonyl (C=O) groups is 2. The lowest BCUT2D eigenvalue weighted by atomic mass is 10.2. The highest BCUT2D eigenvalue weighted by Gasteiger charge is 2.49. The highest BCUT2D eigenvalue weighted by Crippen LogP contribution is 2.29. The second-order valence-corrected chi connectivity index (χ2v) is 6.62. The molecular weight excluding hydrogens is 388 g/mol. The second-order valence-electron chi connectivity index (χ2n) is 5.70. The lowest BCUT2D eigenvalue weighted by molar-refractivity contribution is -0.175. The van der Waals surface area contributed by atoms with Gasteiger partial charge in [0.05, 0.1) is 0 Å². The maximum absolute atomic E-state index is 12.4. The van der Waals surface area contributed by atoms with E-state index in [1.165, 1.54) is 4.90 Å². The molecule has 1 saturated heterocycles. The molecule has 6 nitrogen and oxygen atoms in total. The van der Waals surface area contributed by atoms with Gasteiger partial charge in [-0.15, -0.1) is 0 Å². The molecule has 0 spiro atoms. The Bertz CT molecular complexity index is 784. The summed E-state index contributed by atoms with van der Waals surface area (Å²) >= 11 is 3.35. The molecule has 0 aliphatic carbocycles. The predicted molar refractivity (Wildman–Crippen MR) is 95.8 cm³/mol. The van der Waals surface area contributed by atoms with E-state index in [1.807, 2.05) is 30.3 Å². The van der Waals surface area contributed by atoms with Crippen LogP contribution in [-0.2, 0) is 16.1 Å². The number of anilines is 1. The zero-order chi connectivity index (χ0) is 17.9. The van der Waals surface area contributed by atoms with E-state index in [1.54, 1.807) is 24.3 Å². The standard InChI is InChI=1S/C18H17BrN2O4/c19-14-6-4-5-13(11-14)12-20-17(23)25-18(24)9-10-21(16(18)22)15-7-2-1-3-8-15/h1-8,11,24H,9-10,12H2,(H,20,23)/t18-/m1/s1. The molecule has 25 heavy (non-hydrogen) atoms. The number of benzene rings is 2. The van der Waals surface area contributed by atoms with Crippen LogP contribution in [0, 0.1) is 0 Å². The quantitative estimate of drug-likeness (QED) is 0.767. The van der Waals surface area contributed by atoms with Crippen LogP contribution in [0.2, 0.25) is 0 Å². The van der Waals surface area contributed by atoms with Gasteiger partial charge >= 0.3 is 6.09 Å². The largest absolute Gasteiger partial charge is 0.410 e. The zero-order valence-corrected chi connectivity index (χ0v) is 14.9. The van der Waals surface area contributed by atoms with Gasteiger partial charge in [0.1, 0.15) is 0 Å². The van der Waals surface area contributed by atoms with E-state index < -0.39 is 17.8 Å². The molecule has 2 N–H and O–H groups in total. The molecule has 1 aliphatic rings. The fraction of sp³-hybridized carbons (Fsp3) is 0.222. The lowest BCUT2D eigenvalue weighted by Crippen LogP contribution is -2.46. The van der Waals surface area contributed by atoms with Crippen molar-refractivity contribution in [2.75, 3.05) is 11.4 Å². The number of nitrogens with one attached hydrogen (secondary N) is 1. The van der Waals surface area contributed by atoms with Gasteiger partial charge in [0.15, 0.2) is 0 Å². The average Bonchev–Trinajstić information content (AvgIpc) is 2.89. The van der Waals surface area contributed by atoms with Crippen molar-refractivity contribution in [3.05, 3.63) is 64.6 Å². The maximum atomic E-state index is 12.4. The smallest absolute Gasteiger partial charge is 0.407 e. The third-order valence-electron chi connectivity index (χ3n) is 3.91. The summed E-state index contributed by atoms with van der Waals surface area (Å²) in [5, 5.41) is 13.0. The van der Waals surface area contributed by atoms with E-state index in [0.29, 0.717) is 5.69 Å². The van der Waals surface area contributed by atoms with Gasteiger partial charge in [-0.25, -0.2) is 4.79 Å². The molecule has 0 radical (unpaired) electrons. The molecule has 0 bridgehead atoms. The Labute approximate surface area is 153 Å². The number of hydrogen-bond acceptors (Lipinski definition) is 4. The van der Waals surface area contributed by atoms with Crippen LogP contribution in [0.3, 0.4) is 0 Å². The number of aliphatic hydroxyl groups is 1. The van der Waals surface area contributed by atoms with Crippen molar-refractivity contribution >= 4 is 33.6 Å². The van der Waals surface area contributed by atoms with Crippen LogP contribution in [0.4, 0.5) is 10.5 Å². The number of ether oxygens (including phenoxy) is 1. The fourth-order valence-electron chi connectivity index (χ4n) is 2.64. The number of para-hydroxylation sites is 1. The second kappa shape index (κ2) is 7.25. The van der Waals surface area contributed by atoms with Crippen molar-refractivity contribution in [2.45, 2.75) is 18.8 Å². The first-order valence-electron chi connectivity index (χ1n) is 7.79. The highest BCUT2D eigenvalue weighted by molar-refractivity contribution is 9.10. The first kappa shape index (κ1) is 17.4. The molecule has 1 atom stereocenters. The van der Waals surface area contributed by atoms with Crippen molar-refractivity contribution < 1.29 is 19.4 Å². The van der Waals surface area contributed by atoms with E-state index in [4.69, 9.17) is 4.74 Å². The molecule has 130 valence electrons. The minimum absolute atomic E-state index is 0.0189. The minimum atomic E-state index is -2.14. The van der Waals surface area contributed by atoms with Crippen LogP contribution >= 0.6 is 15.9 Å². The Morgan fingerprint density at radius 2 is 2.00 bits per heavy atom. The molecule has 1 fully saturated rings. The summed E-state index contributed by atoms with van der Waals surface area (Å²) in [6, 6.07) is 16.4. The highest BCUT2D eigenvalue weighted by atomic mass is 79.9. The van der Waals surface area contributed by atoms with Gasteiger partial charge in [0.2, 0.25) is 0 Å². The summed E-state index contributed by atoms with van der Waals surface area (Å²) in [5.41, 5.74) is 1.52. The number of halogens is 1. The molecule has 0 aromatic heterocycles. The van der Waals surface area contributed by atoms with E-state index in [-0.39, 0.29) is 19.5 Å². The van der Waals surface area contributed by atoms with Crippen LogP contribution in [0.1, 0.15) is 12.0 Å². The van der Waals surface area contributed by atoms with Crippen molar-refractivity contribution in [2.24, 2.45) is 0 Å². The molecule has 2 aromatic carbocycles. The topological polar surface area (TPSA) is 78.9 Å². The first-order valence-corrected chi connectivity index (χ1v) is 8.58. The van der Waals surface area contributed by atoms with E-state index in [0.717, 1.165) is 10.0 Å². The van der Waals surface area contributed by atoms with Gasteiger partial charge < -0.3 is 20.1 Å². The summed E-state index contributed by atoms with van der Waals surface area (Å²) in [4.78, 5) is 25.8. The minimum Gasteiger partial charge on any atom is -0.407 e. The van der Waals surface area contributed by atoms with Crippen LogP contribution in [0.5, 0.6) is 0 Å². The molecule has 0 saturated carbocycles. The van der Waals surface area contributed by atoms with Crippen LogP contribution in [-0.4, -0.2) is 29.4 Å². The number of alkyl carbamates (subject to hydrolysis) is 1. The first-order chi connectivity index (χ1) is 12.0. The normalized spacial score (nSPS) is 19.8. The summed E-state index contributed by atoms with van der Waals surface area (Å²) < 4.78 is 5.91. The Morgan fingerprint density at radius 3 is 2.72 bits per heavy atom. The Hall–Kier alpha value is -2.38. The third kappa shape index (κ3) is 4.00. The Kier molecular flexibility index (Phi) is 5.06. The summed E-state index contributed by atoms with van der Waals surface area (Å²) in [6.07, 6.45) is -0.823. The molecule has 0 unspecified atom stereocenters. The third-order valence-corrected chi connectivity index (χ3v) is 4.40. The van der Waals surface area contributed by atoms with E-state index in [2.05, 4.69) is 21.2 Å². The lowest BCUT2D eigenvalue weighted by Gasteiger charge is -2.22. The van der Waals surface area contributed by atoms with Gasteiger partial charge in [-0.1, -0.05) is 46.3 Å². The number of rotatable bonds is 4. The Balaban J connectivity index is 1.60. The fourth-order valence-corrected chi connectivity index (χ4v) is 3.09. The van der Waals surface area contributed by atoms with Gasteiger partial charge in [-0.2, -0.15) is 0 Å². The molecular formula is C18H17BrN2O4. The number of carbonyl (C=O) groups excluding carboxylic acids is 2. The van der Waals surface area contributed by atoms with Crippen LogP contribution < -0.4 is 10.2 Å². The predicted octanol–water partition coefficient (Wildman–Crippen LogP) is 2.80. The number of nitrogens with zero attached hydrogens (tertiary/aromatic N) is 1. The van der Waals surface area contributed by atoms with Gasteiger partial charge in [-0.3, -0.25) is 4.79 Å². The van der Waals surface area contributed by atoms with Crippen molar-refractivity contribution in [3.8, 4) is 0 Å². The molecule has 3 rings (SSSR count). The van der Waals surface area contributed by atoms with Crippen molar-refractivity contribution in [1.82, 2.24) is 5.32 Å². The van der Waals surface area contributed by atoms with Gasteiger partial charge in [-0.05, 0) is 29.8 Å². The van der Waals surface area contributed by atoms with Gasteiger partial charge in [0.25, 0.3) is 11.7 Å². The monoisotopic (exact) mass is 404 g/mol. The SMILES string of the molecule is O=C(NCc1cccc(Br)c1)O[C@]1(O)CCN(c2ccccc2)C1=O. The summed E-state index contributed by atoms with van der Waals surface area (Å²) in [6.45, 7) is 0.503. The number of amides is 2. The molecule has 1 heterocycles. The summed E-state index contributed by atoms with van der Waals surface area (Å²) in [7, 11) is 0. The Morgan fingerprint density at radius 1 is 1.24 bits per heavy atom. The summed E-state index contributed by atoms with van der Waals surface area (Å²) in [5.74, 6) is -2.78. The van der Waals surface area contributed by atoms with Crippen LogP contribution in [0.15, 0.2) is 59.1 Å². The van der Waals surface area contributed by atoms with Gasteiger partial charge in [0, 0.05) is 29.7 Å². The van der Waals surface area contributed by atoms with E-state index in [9.17, 15) is 14.7 Å². The zero-order valence-electron chi connectivity index (χ0n) is 13.3. The molecule has 2 aromatic rings. The van der Waals surface area contributed by atoms with E-state index >= 15 is 0 Å². The number of hydrogen-bond donors (Lipinski definition) is 2. The molecule has 7 heteroatoms. The molecule has 1 aliphatic heterocycles. The molecule has 2 amide bonds. The van der Waals surface area contributed by atoms with Crippen LogP contribution in [0.25, 0.3) is 0 Å². The van der Waals surface area contributed by atoms with Crippen molar-refractivity contribution in [3.63, 3.8) is 0 Å². The average molecular weight is 405 g/mol.